The summed E-state index contributed by atoms with van der Waals surface area (Å²) in [7, 11) is 0. The molecule has 0 saturated heterocycles. The second-order valence-electron chi connectivity index (χ2n) is 2.47. The molecule has 0 fully saturated rings. The van der Waals surface area contributed by atoms with Crippen LogP contribution in [0.5, 0.6) is 0 Å². The molecule has 0 aromatic carbocycles. The number of hydrogen-bond acceptors (Lipinski definition) is 2. The van der Waals surface area contributed by atoms with Gasteiger partial charge in [-0.3, -0.25) is 0 Å². The van der Waals surface area contributed by atoms with Crippen molar-refractivity contribution < 1.29 is 23.1 Å². The minimum absolute atomic E-state index is 0. The summed E-state index contributed by atoms with van der Waals surface area (Å²) in [6.07, 6.45) is 2.45. The molecular weight excluding hydrogens is 245 g/mol. The molecule has 0 unspecified atom stereocenters. The zero-order valence-corrected chi connectivity index (χ0v) is 11.9. The van der Waals surface area contributed by atoms with E-state index in [1.54, 1.807) is 0 Å². The smallest absolute Gasteiger partial charge is 0.147 e. The van der Waals surface area contributed by atoms with Gasteiger partial charge in [-0.1, -0.05) is 0 Å². The van der Waals surface area contributed by atoms with Crippen LogP contribution in [-0.2, 0) is 23.1 Å². The van der Waals surface area contributed by atoms with Crippen LogP contribution in [0.1, 0.15) is 33.6 Å². The molecule has 5 heteroatoms. The number of rotatable bonds is 7. The quantitative estimate of drug-likeness (QED) is 0.519. The third-order valence-electron chi connectivity index (χ3n) is 1.56. The van der Waals surface area contributed by atoms with Crippen LogP contribution in [0.15, 0.2) is 0 Å². The van der Waals surface area contributed by atoms with Crippen LogP contribution in [0.25, 0.3) is 0 Å². The fraction of sp³-hybridized carbons (Fsp3) is 1.00. The molecule has 0 aliphatic rings. The van der Waals surface area contributed by atoms with Gasteiger partial charge in [0.25, 0.3) is 0 Å². The van der Waals surface area contributed by atoms with Gasteiger partial charge in [0.05, 0.1) is 0 Å². The zero-order valence-electron chi connectivity index (χ0n) is 8.71. The molecule has 0 bridgehead atoms. The van der Waals surface area contributed by atoms with Crippen molar-refractivity contribution in [2.24, 2.45) is 0 Å². The average Bonchev–Trinajstić information content (AvgIpc) is 2.05. The van der Waals surface area contributed by atoms with E-state index in [0.717, 1.165) is 19.7 Å². The molecule has 0 heterocycles. The first kappa shape index (κ1) is 19.7. The van der Waals surface area contributed by atoms with Crippen molar-refractivity contribution in [1.29, 1.82) is 0 Å². The van der Waals surface area contributed by atoms with E-state index in [1.807, 2.05) is 0 Å². The topological polar surface area (TPSA) is 12.5 Å². The summed E-state index contributed by atoms with van der Waals surface area (Å²) >= 11 is -0.246. The fourth-order valence-electron chi connectivity index (χ4n) is 0.706. The Bertz CT molecular complexity index is 84.5. The standard InChI is InChI=1S/C4H10N.C4H9O.2ClH.Ti/c1-3-5-4-2;1-2-3-4-5;;;/h3-4H2,1-2H3;2-4H2,1H3;2*1H;/q2*-1;;;+2. The molecule has 0 aliphatic heterocycles. The van der Waals surface area contributed by atoms with Gasteiger partial charge in [0, 0.05) is 0 Å². The van der Waals surface area contributed by atoms with Crippen LogP contribution in [0.2, 0.25) is 0 Å². The van der Waals surface area contributed by atoms with Gasteiger partial charge in [0.1, 0.15) is 0 Å². The van der Waals surface area contributed by atoms with Crippen LogP contribution in [0.4, 0.5) is 0 Å². The maximum Gasteiger partial charge on any atom is -0.147 e. The minimum Gasteiger partial charge on any atom is -0.147 e. The molecule has 0 radical (unpaired) electrons. The molecule has 0 N–H and O–H groups in total. The van der Waals surface area contributed by atoms with E-state index in [2.05, 4.69) is 24.2 Å². The summed E-state index contributed by atoms with van der Waals surface area (Å²) in [6.45, 7) is 9.82. The Morgan fingerprint density at radius 2 is 1.62 bits per heavy atom. The second-order valence-corrected chi connectivity index (χ2v) is 4.19. The first-order valence-corrected chi connectivity index (χ1v) is 5.81. The summed E-state index contributed by atoms with van der Waals surface area (Å²) < 4.78 is 7.97. The van der Waals surface area contributed by atoms with Crippen LogP contribution in [0.3, 0.4) is 0 Å². The zero-order chi connectivity index (χ0) is 8.53. The molecule has 0 atom stereocenters. The maximum atomic E-state index is 5.57. The van der Waals surface area contributed by atoms with Gasteiger partial charge in [0.15, 0.2) is 0 Å². The molecule has 82 valence electrons. The number of nitrogens with zero attached hydrogens (tertiary/aromatic N) is 1. The Kier molecular flexibility index (Phi) is 23.8. The van der Waals surface area contributed by atoms with E-state index in [4.69, 9.17) is 3.32 Å². The Balaban J connectivity index is -0.000000500. The monoisotopic (exact) mass is 265 g/mol. The first-order valence-electron chi connectivity index (χ1n) is 4.47. The van der Waals surface area contributed by atoms with E-state index in [9.17, 15) is 0 Å². The van der Waals surface area contributed by atoms with Gasteiger partial charge in [-0.2, -0.15) is 0 Å². The minimum atomic E-state index is -0.246. The fourth-order valence-corrected chi connectivity index (χ4v) is 1.76. The second kappa shape index (κ2) is 15.7. The van der Waals surface area contributed by atoms with Crippen molar-refractivity contribution in [2.75, 3.05) is 19.7 Å². The summed E-state index contributed by atoms with van der Waals surface area (Å²) in [6, 6.07) is 0. The van der Waals surface area contributed by atoms with Crippen LogP contribution in [-0.4, -0.2) is 23.1 Å². The Hall–Kier alpha value is 1.21. The van der Waals surface area contributed by atoms with Gasteiger partial charge in [-0.05, 0) is 0 Å². The van der Waals surface area contributed by atoms with Crippen molar-refractivity contribution in [3.05, 3.63) is 0 Å². The van der Waals surface area contributed by atoms with E-state index in [1.165, 1.54) is 12.8 Å². The number of halogens is 2. The van der Waals surface area contributed by atoms with E-state index in [0.29, 0.717) is 0 Å². The normalized spacial score (nSPS) is 8.92. The van der Waals surface area contributed by atoms with Gasteiger partial charge >= 0.3 is 79.8 Å². The number of unbranched alkanes of at least 4 members (excludes halogenated alkanes) is 1. The van der Waals surface area contributed by atoms with Crippen LogP contribution < -0.4 is 0 Å². The number of hydrogen-bond donors (Lipinski definition) is 0. The van der Waals surface area contributed by atoms with Gasteiger partial charge in [-0.25, -0.2) is 0 Å². The van der Waals surface area contributed by atoms with Crippen LogP contribution >= 0.6 is 24.8 Å². The molecule has 0 amide bonds. The Morgan fingerprint density at radius 3 is 2.00 bits per heavy atom. The van der Waals surface area contributed by atoms with Crippen molar-refractivity contribution in [2.45, 2.75) is 33.6 Å². The molecule has 0 aromatic rings. The van der Waals surface area contributed by atoms with Crippen molar-refractivity contribution >= 4 is 24.8 Å². The van der Waals surface area contributed by atoms with Crippen molar-refractivity contribution in [3.8, 4) is 0 Å². The van der Waals surface area contributed by atoms with E-state index < -0.39 is 0 Å². The third kappa shape index (κ3) is 13.2. The summed E-state index contributed by atoms with van der Waals surface area (Å²) in [5.74, 6) is 0. The van der Waals surface area contributed by atoms with Gasteiger partial charge < -0.3 is 0 Å². The summed E-state index contributed by atoms with van der Waals surface area (Å²) in [5.41, 5.74) is 0. The van der Waals surface area contributed by atoms with Gasteiger partial charge in [0.2, 0.25) is 0 Å². The Labute approximate surface area is 104 Å². The first-order chi connectivity index (χ1) is 5.35. The molecule has 2 nitrogen and oxygen atoms in total. The summed E-state index contributed by atoms with van der Waals surface area (Å²) in [5, 5.41) is 0. The van der Waals surface area contributed by atoms with Crippen LogP contribution in [0, 0.1) is 0 Å². The maximum absolute atomic E-state index is 5.57. The molecule has 0 spiro atoms. The largest absolute Gasteiger partial charge is 0.147 e. The SMILES string of the molecule is CCCC[O][Ti][N](CC)CC.Cl.Cl. The predicted molar refractivity (Wildman–Crippen MR) is 58.3 cm³/mol. The van der Waals surface area contributed by atoms with E-state index in [-0.39, 0.29) is 44.6 Å². The third-order valence-corrected chi connectivity index (χ3v) is 3.47. The molecule has 0 saturated carbocycles. The van der Waals surface area contributed by atoms with Gasteiger partial charge in [-0.15, -0.1) is 24.8 Å². The molecular formula is C8H21Cl2NOTi. The molecule has 0 rings (SSSR count). The molecule has 0 aliphatic carbocycles. The Morgan fingerprint density at radius 1 is 1.08 bits per heavy atom. The van der Waals surface area contributed by atoms with E-state index >= 15 is 0 Å². The summed E-state index contributed by atoms with van der Waals surface area (Å²) in [4.78, 5) is 0. The predicted octanol–water partition coefficient (Wildman–Crippen LogP) is 2.90. The average molecular weight is 266 g/mol. The molecule has 0 aromatic heterocycles. The van der Waals surface area contributed by atoms with Crippen molar-refractivity contribution in [1.82, 2.24) is 3.38 Å². The molecule has 13 heavy (non-hydrogen) atoms. The van der Waals surface area contributed by atoms with Crippen molar-refractivity contribution in [3.63, 3.8) is 0 Å².